The van der Waals surface area contributed by atoms with Crippen molar-refractivity contribution in [3.63, 3.8) is 0 Å². The highest BCUT2D eigenvalue weighted by atomic mass is 32.1. The third kappa shape index (κ3) is 13.5. The molecule has 0 aliphatic heterocycles. The van der Waals surface area contributed by atoms with Crippen LogP contribution in [0.5, 0.6) is 0 Å². The van der Waals surface area contributed by atoms with E-state index in [1.54, 1.807) is 0 Å². The van der Waals surface area contributed by atoms with Gasteiger partial charge in [-0.3, -0.25) is 0 Å². The predicted molar refractivity (Wildman–Crippen MR) is 540 cm³/mol. The van der Waals surface area contributed by atoms with Gasteiger partial charge in [0.1, 0.15) is 5.58 Å². The molecule has 8 aromatic heterocycles. The van der Waals surface area contributed by atoms with Crippen molar-refractivity contribution in [1.82, 2.24) is 58.6 Å². The van der Waals surface area contributed by atoms with Gasteiger partial charge in [-0.2, -0.15) is 0 Å². The van der Waals surface area contributed by atoms with Gasteiger partial charge in [-0.25, -0.2) is 44.9 Å². The Balaban J connectivity index is 0.000000106. The second-order valence-electron chi connectivity index (χ2n) is 33.0. The van der Waals surface area contributed by atoms with Crippen molar-refractivity contribution in [3.8, 4) is 131 Å². The lowest BCUT2D eigenvalue weighted by Gasteiger charge is -2.12. The molecule has 0 amide bonds. The van der Waals surface area contributed by atoms with Crippen molar-refractivity contribution >= 4 is 119 Å². The van der Waals surface area contributed by atoms with Gasteiger partial charge < -0.3 is 18.1 Å². The summed E-state index contributed by atoms with van der Waals surface area (Å²) in [4.78, 5) is 44.4. The molecule has 0 radical (unpaired) electrons. The van der Waals surface area contributed by atoms with E-state index < -0.39 is 0 Å². The molecule has 13 nitrogen and oxygen atoms in total. The topological polar surface area (TPSA) is 144 Å². The Morgan fingerprint density at radius 2 is 0.545 bits per heavy atom. The summed E-state index contributed by atoms with van der Waals surface area (Å²) in [5.74, 6) is 5.84. The molecule has 1 aliphatic carbocycles. The van der Waals surface area contributed by atoms with Crippen LogP contribution in [-0.2, 0) is 6.42 Å². The predicted octanol–water partition coefficient (Wildman–Crippen LogP) is 29.7. The smallest absolute Gasteiger partial charge is 0.164 e. The number of furan rings is 1. The van der Waals surface area contributed by atoms with E-state index in [-0.39, 0.29) is 0 Å². The van der Waals surface area contributed by atoms with Crippen molar-refractivity contribution in [2.45, 2.75) is 6.42 Å². The normalized spacial score (nSPS) is 11.8. The highest BCUT2D eigenvalue weighted by Crippen LogP contribution is 2.48. The van der Waals surface area contributed by atoms with Crippen molar-refractivity contribution in [2.24, 2.45) is 0 Å². The molecule has 0 atom stereocenters. The lowest BCUT2D eigenvalue weighted by Crippen LogP contribution is -2.01. The molecule has 26 aromatic rings. The van der Waals surface area contributed by atoms with Crippen LogP contribution in [0.25, 0.3) is 238 Å². The number of thiophene rings is 1. The SMILES string of the molecule is c1ccc(-c2nc(-c3ccccc3)nc(-c3ccc(-n4c5ccccc5c5ccc6c(c54)Cc4ccccc4-6)cc3)n2)cc1.c1ccc(-c2nc(-c3ccccc3)nc(-c3cccc(-n4c5ccccc5c5ccc6c7ccccc7oc6c54)c3)n2)cc1.c1ccc(-c2nc(-c3ccccc3)nc(-c3cccc(-n4c5ccccc5c5ccc6c7ccccc7sc6c54)c3)n2)cc1. The van der Waals surface area contributed by atoms with E-state index in [1.165, 1.54) is 91.4 Å². The number of nitrogens with zero attached hydrogens (tertiary/aromatic N) is 12. The second kappa shape index (κ2) is 32.4. The third-order valence-electron chi connectivity index (χ3n) is 25.2. The van der Waals surface area contributed by atoms with Gasteiger partial charge in [0.15, 0.2) is 58.0 Å². The van der Waals surface area contributed by atoms with Crippen LogP contribution < -0.4 is 0 Å². The Labute approximate surface area is 761 Å². The average Bonchev–Trinajstić information content (AvgIpc) is 1.57. The second-order valence-corrected chi connectivity index (χ2v) is 34.1. The minimum absolute atomic E-state index is 0.620. The zero-order valence-corrected chi connectivity index (χ0v) is 71.8. The van der Waals surface area contributed by atoms with Crippen LogP contribution in [0.15, 0.2) is 441 Å². The zero-order valence-electron chi connectivity index (χ0n) is 71.0. The summed E-state index contributed by atoms with van der Waals surface area (Å²) in [6, 6.07) is 151. The van der Waals surface area contributed by atoms with Crippen molar-refractivity contribution < 1.29 is 4.42 Å². The molecule has 0 unspecified atom stereocenters. The lowest BCUT2D eigenvalue weighted by atomic mass is 10.0. The average molecular weight is 1710 g/mol. The summed E-state index contributed by atoms with van der Waals surface area (Å²) in [6.07, 6.45) is 0.937. The first kappa shape index (κ1) is 76.8. The molecule has 0 saturated carbocycles. The first-order chi connectivity index (χ1) is 65.4. The molecule has 8 heterocycles. The number of fused-ring (bicyclic) bond motifs is 21. The van der Waals surface area contributed by atoms with Crippen LogP contribution in [0.4, 0.5) is 0 Å². The van der Waals surface area contributed by atoms with E-state index in [9.17, 15) is 0 Å². The fourth-order valence-corrected chi connectivity index (χ4v) is 20.3. The van der Waals surface area contributed by atoms with E-state index >= 15 is 0 Å². The summed E-state index contributed by atoms with van der Waals surface area (Å²) in [5.41, 5.74) is 26.0. The third-order valence-corrected chi connectivity index (χ3v) is 26.4. The quantitative estimate of drug-likeness (QED) is 0.116. The number of rotatable bonds is 12. The lowest BCUT2D eigenvalue weighted by molar-refractivity contribution is 0.671. The van der Waals surface area contributed by atoms with Crippen LogP contribution >= 0.6 is 11.3 Å². The molecule has 618 valence electrons. The minimum atomic E-state index is 0.620. The molecule has 0 spiro atoms. The molecule has 1 aliphatic rings. The summed E-state index contributed by atoms with van der Waals surface area (Å²) in [5, 5.41) is 12.2. The number of hydrogen-bond acceptors (Lipinski definition) is 11. The van der Waals surface area contributed by atoms with Gasteiger partial charge in [0.2, 0.25) is 0 Å². The highest BCUT2D eigenvalue weighted by Gasteiger charge is 2.28. The van der Waals surface area contributed by atoms with Crippen LogP contribution in [0.2, 0.25) is 0 Å². The number of benzene rings is 18. The maximum absolute atomic E-state index is 6.55. The molecule has 14 heteroatoms. The standard InChI is InChI=1S/C40H26N4.C39H24N4O.C39H24N4S/c1-3-11-26(12-4-1)38-41-39(27-13-5-2-6-14-27)43-40(42-38)28-19-21-30(22-20-28)44-36-18-10-9-17-33(36)34-24-23-32-31-16-8-7-15-29(31)25-35(32)37(34)44;2*1-3-12-25(13-4-1)37-40-38(26-14-5-2-6-15-26)42-39(41-37)27-16-11-17-28(24-27)43-33-20-9-7-18-29(33)31-22-23-32-30-19-8-10-21-34(30)44-36(32)35(31)43/h1-24H,25H2;2*1-24H. The monoisotopic (exact) mass is 1710 g/mol. The molecule has 0 N–H and O–H groups in total. The van der Waals surface area contributed by atoms with Gasteiger partial charge in [-0.1, -0.05) is 352 Å². The minimum Gasteiger partial charge on any atom is -0.454 e. The van der Waals surface area contributed by atoms with Gasteiger partial charge in [0, 0.05) is 132 Å². The summed E-state index contributed by atoms with van der Waals surface area (Å²) in [7, 11) is 0. The van der Waals surface area contributed by atoms with Crippen molar-refractivity contribution in [3.05, 3.63) is 448 Å². The van der Waals surface area contributed by atoms with Crippen molar-refractivity contribution in [1.29, 1.82) is 0 Å². The Hall–Kier alpha value is -17.6. The molecule has 0 fully saturated rings. The zero-order chi connectivity index (χ0) is 87.1. The van der Waals surface area contributed by atoms with Crippen molar-refractivity contribution in [2.75, 3.05) is 0 Å². The van der Waals surface area contributed by atoms with Crippen LogP contribution in [0.1, 0.15) is 11.1 Å². The first-order valence-corrected chi connectivity index (χ1v) is 45.0. The fraction of sp³-hybridized carbons (Fsp3) is 0.00847. The van der Waals surface area contributed by atoms with E-state index in [0.717, 1.165) is 112 Å². The van der Waals surface area contributed by atoms with E-state index in [2.05, 4.69) is 256 Å². The van der Waals surface area contributed by atoms with Gasteiger partial charge in [0.05, 0.1) is 37.8 Å². The van der Waals surface area contributed by atoms with E-state index in [1.807, 2.05) is 205 Å². The summed E-state index contributed by atoms with van der Waals surface area (Å²) in [6.45, 7) is 0. The van der Waals surface area contributed by atoms with Crippen LogP contribution in [-0.4, -0.2) is 58.6 Å². The Kier molecular flexibility index (Phi) is 18.8. The van der Waals surface area contributed by atoms with Gasteiger partial charge >= 0.3 is 0 Å². The highest BCUT2D eigenvalue weighted by molar-refractivity contribution is 7.26. The summed E-state index contributed by atoms with van der Waals surface area (Å²) < 4.78 is 16.3. The molecule has 18 aromatic carbocycles. The maximum Gasteiger partial charge on any atom is 0.164 e. The van der Waals surface area contributed by atoms with E-state index in [4.69, 9.17) is 49.3 Å². The van der Waals surface area contributed by atoms with Gasteiger partial charge in [-0.15, -0.1) is 11.3 Å². The van der Waals surface area contributed by atoms with Gasteiger partial charge in [0.25, 0.3) is 0 Å². The molecular formula is C118H74N12OS. The molecule has 0 bridgehead atoms. The van der Waals surface area contributed by atoms with Gasteiger partial charge in [-0.05, 0) is 107 Å². The molecular weight excluding hydrogens is 1630 g/mol. The maximum atomic E-state index is 6.55. The molecule has 27 rings (SSSR count). The number of aromatic nitrogens is 12. The Morgan fingerprint density at radius 1 is 0.212 bits per heavy atom. The largest absolute Gasteiger partial charge is 0.454 e. The van der Waals surface area contributed by atoms with E-state index in [0.29, 0.717) is 52.4 Å². The molecule has 132 heavy (non-hydrogen) atoms. The Bertz CT molecular complexity index is 8460. The fourth-order valence-electron chi connectivity index (χ4n) is 19.1. The van der Waals surface area contributed by atoms with Crippen LogP contribution in [0.3, 0.4) is 0 Å². The first-order valence-electron chi connectivity index (χ1n) is 44.2. The molecule has 0 saturated heterocycles. The Morgan fingerprint density at radius 3 is 1.02 bits per heavy atom. The van der Waals surface area contributed by atoms with Crippen LogP contribution in [0, 0.1) is 0 Å². The summed E-state index contributed by atoms with van der Waals surface area (Å²) >= 11 is 1.86. The number of para-hydroxylation sites is 4. The number of hydrogen-bond donors (Lipinski definition) is 0.